The summed E-state index contributed by atoms with van der Waals surface area (Å²) >= 11 is 0. The quantitative estimate of drug-likeness (QED) is 0.446. The van der Waals surface area contributed by atoms with Gasteiger partial charge in [-0.3, -0.25) is 14.3 Å². The van der Waals surface area contributed by atoms with Crippen LogP contribution in [0, 0.1) is 13.8 Å². The molecule has 5 rings (SSSR count). The molecule has 9 nitrogen and oxygen atoms in total. The molecule has 0 unspecified atom stereocenters. The second-order valence-corrected chi connectivity index (χ2v) is 9.80. The van der Waals surface area contributed by atoms with Crippen molar-refractivity contribution in [2.24, 2.45) is 0 Å². The minimum absolute atomic E-state index is 0.498. The molecule has 4 aromatic rings. The number of benzene rings is 1. The van der Waals surface area contributed by atoms with Crippen molar-refractivity contribution in [3.8, 4) is 16.9 Å². The summed E-state index contributed by atoms with van der Waals surface area (Å²) in [6.45, 7) is 5.53. The Balaban J connectivity index is 1.79. The molecule has 0 saturated heterocycles. The van der Waals surface area contributed by atoms with Gasteiger partial charge in [0.15, 0.2) is 0 Å². The van der Waals surface area contributed by atoms with Crippen LogP contribution in [0.25, 0.3) is 22.0 Å². The first-order valence-corrected chi connectivity index (χ1v) is 11.8. The number of ether oxygens (including phenoxy) is 1. The van der Waals surface area contributed by atoms with Crippen LogP contribution in [0.3, 0.4) is 0 Å². The first-order chi connectivity index (χ1) is 15.8. The Hall–Kier alpha value is -3.66. The van der Waals surface area contributed by atoms with Crippen LogP contribution in [0.1, 0.15) is 30.1 Å². The van der Waals surface area contributed by atoms with Gasteiger partial charge in [-0.15, -0.1) is 0 Å². The summed E-state index contributed by atoms with van der Waals surface area (Å²) in [5, 5.41) is 4.71. The molecule has 0 bridgehead atoms. The highest BCUT2D eigenvalue weighted by atomic mass is 32.2. The van der Waals surface area contributed by atoms with Crippen LogP contribution < -0.4 is 13.3 Å². The maximum atomic E-state index is 13.5. The highest BCUT2D eigenvalue weighted by Crippen LogP contribution is 2.49. The smallest absolute Gasteiger partial charge is 0.326 e. The van der Waals surface area contributed by atoms with E-state index in [-0.39, 0.29) is 0 Å². The van der Waals surface area contributed by atoms with Crippen molar-refractivity contribution in [3.05, 3.63) is 59.9 Å². The van der Waals surface area contributed by atoms with Gasteiger partial charge >= 0.3 is 10.2 Å². The normalized spacial score (nSPS) is 15.7. The zero-order chi connectivity index (χ0) is 23.5. The van der Waals surface area contributed by atoms with E-state index in [9.17, 15) is 8.42 Å². The number of rotatable bonds is 4. The summed E-state index contributed by atoms with van der Waals surface area (Å²) in [4.78, 5) is 8.97. The van der Waals surface area contributed by atoms with Gasteiger partial charge < -0.3 is 9.26 Å². The summed E-state index contributed by atoms with van der Waals surface area (Å²) in [6.07, 6.45) is 3.24. The second-order valence-electron chi connectivity index (χ2n) is 7.96. The Morgan fingerprint density at radius 2 is 1.94 bits per heavy atom. The molecule has 1 aliphatic rings. The van der Waals surface area contributed by atoms with E-state index in [2.05, 4.69) is 15.1 Å². The number of hydrogen-bond donors (Lipinski definition) is 0. The molecule has 0 amide bonds. The number of hydrogen-bond acceptors (Lipinski definition) is 7. The van der Waals surface area contributed by atoms with Crippen LogP contribution in [-0.4, -0.2) is 37.7 Å². The van der Waals surface area contributed by atoms with Crippen LogP contribution in [0.5, 0.6) is 5.75 Å². The molecule has 0 spiro atoms. The molecule has 4 heterocycles. The van der Waals surface area contributed by atoms with Gasteiger partial charge in [-0.25, -0.2) is 4.31 Å². The number of anilines is 2. The summed E-state index contributed by atoms with van der Waals surface area (Å²) < 4.78 is 40.6. The lowest BCUT2D eigenvalue weighted by molar-refractivity contribution is 0.393. The highest BCUT2D eigenvalue weighted by Gasteiger charge is 2.43. The van der Waals surface area contributed by atoms with Crippen LogP contribution >= 0.6 is 0 Å². The molecule has 10 heteroatoms. The molecule has 0 fully saturated rings. The highest BCUT2D eigenvalue weighted by molar-refractivity contribution is 7.94. The first kappa shape index (κ1) is 21.2. The van der Waals surface area contributed by atoms with E-state index in [1.807, 2.05) is 45.0 Å². The lowest BCUT2D eigenvalue weighted by atomic mass is 9.99. The lowest BCUT2D eigenvalue weighted by Gasteiger charge is -2.26. The number of aromatic nitrogens is 3. The van der Waals surface area contributed by atoms with Crippen molar-refractivity contribution < 1.29 is 17.7 Å². The molecule has 3 aromatic heterocycles. The molecule has 33 heavy (non-hydrogen) atoms. The zero-order valence-corrected chi connectivity index (χ0v) is 19.7. The minimum Gasteiger partial charge on any atom is -0.496 e. The third-order valence-corrected chi connectivity index (χ3v) is 7.95. The molecular formula is C23H23N5O4S. The van der Waals surface area contributed by atoms with Crippen molar-refractivity contribution in [3.63, 3.8) is 0 Å². The Kier molecular flexibility index (Phi) is 4.78. The van der Waals surface area contributed by atoms with Crippen LogP contribution in [0.4, 0.5) is 11.4 Å². The van der Waals surface area contributed by atoms with Gasteiger partial charge in [0.05, 0.1) is 53.2 Å². The van der Waals surface area contributed by atoms with E-state index in [1.165, 1.54) is 15.7 Å². The summed E-state index contributed by atoms with van der Waals surface area (Å²) in [7, 11) is -0.719. The van der Waals surface area contributed by atoms with Crippen molar-refractivity contribution >= 4 is 32.5 Å². The third kappa shape index (κ3) is 3.05. The van der Waals surface area contributed by atoms with Crippen molar-refractivity contribution in [1.82, 2.24) is 15.1 Å². The minimum atomic E-state index is -3.83. The van der Waals surface area contributed by atoms with Gasteiger partial charge in [0.2, 0.25) is 0 Å². The largest absolute Gasteiger partial charge is 0.496 e. The van der Waals surface area contributed by atoms with Crippen LogP contribution in [0.15, 0.2) is 47.2 Å². The molecule has 1 atom stereocenters. The molecule has 170 valence electrons. The average molecular weight is 466 g/mol. The topological polar surface area (TPSA) is 102 Å². The third-order valence-electron chi connectivity index (χ3n) is 6.07. The average Bonchev–Trinajstić information content (AvgIpc) is 3.25. The fourth-order valence-electron chi connectivity index (χ4n) is 4.40. The molecule has 0 aliphatic carbocycles. The summed E-state index contributed by atoms with van der Waals surface area (Å²) in [5.41, 5.74) is 4.67. The monoisotopic (exact) mass is 465 g/mol. The SMILES string of the molecule is COc1cc2c3c(cnc2cc1-c1c(C)noc1C)N(C)S(=O)(=O)N3[C@H](C)c1ccccn1. The van der Waals surface area contributed by atoms with Gasteiger partial charge in [-0.2, -0.15) is 8.42 Å². The lowest BCUT2D eigenvalue weighted by Crippen LogP contribution is -2.37. The predicted octanol–water partition coefficient (Wildman–Crippen LogP) is 4.17. The number of pyridine rings is 2. The fraction of sp³-hybridized carbons (Fsp3) is 0.261. The number of aryl methyl sites for hydroxylation is 2. The number of nitrogens with zero attached hydrogens (tertiary/aromatic N) is 5. The Bertz CT molecular complexity index is 1460. The maximum absolute atomic E-state index is 13.5. The van der Waals surface area contributed by atoms with Crippen molar-refractivity contribution in [2.75, 3.05) is 22.8 Å². The summed E-state index contributed by atoms with van der Waals surface area (Å²) in [5.74, 6) is 1.24. The van der Waals surface area contributed by atoms with Gasteiger partial charge in [-0.1, -0.05) is 11.2 Å². The van der Waals surface area contributed by atoms with Crippen LogP contribution in [0.2, 0.25) is 0 Å². The van der Waals surface area contributed by atoms with E-state index in [1.54, 1.807) is 25.6 Å². The fourth-order valence-corrected chi connectivity index (χ4v) is 5.97. The van der Waals surface area contributed by atoms with Gasteiger partial charge in [0.25, 0.3) is 0 Å². The van der Waals surface area contributed by atoms with E-state index >= 15 is 0 Å². The van der Waals surface area contributed by atoms with Crippen molar-refractivity contribution in [2.45, 2.75) is 26.8 Å². The first-order valence-electron chi connectivity index (χ1n) is 10.4. The van der Waals surface area contributed by atoms with Gasteiger partial charge in [0.1, 0.15) is 11.5 Å². The van der Waals surface area contributed by atoms with E-state index in [0.29, 0.717) is 39.5 Å². The van der Waals surface area contributed by atoms with Crippen LogP contribution in [-0.2, 0) is 10.2 Å². The number of methoxy groups -OCH3 is 1. The van der Waals surface area contributed by atoms with E-state index in [4.69, 9.17) is 9.26 Å². The zero-order valence-electron chi connectivity index (χ0n) is 18.9. The number of fused-ring (bicyclic) bond motifs is 3. The predicted molar refractivity (Wildman–Crippen MR) is 126 cm³/mol. The Morgan fingerprint density at radius 3 is 2.58 bits per heavy atom. The van der Waals surface area contributed by atoms with Gasteiger partial charge in [0, 0.05) is 24.2 Å². The van der Waals surface area contributed by atoms with E-state index in [0.717, 1.165) is 16.8 Å². The summed E-state index contributed by atoms with van der Waals surface area (Å²) in [6, 6.07) is 8.65. The maximum Gasteiger partial charge on any atom is 0.326 e. The standard InChI is InChI=1S/C23H23N5O4S/c1-13-22(15(3)32-26-13)17-10-19-16(11-21(17)31-5)23-20(12-25-19)27(4)33(29,30)28(23)14(2)18-8-6-7-9-24-18/h6-12,14H,1-5H3/t14-/m1/s1. The van der Waals surface area contributed by atoms with E-state index < -0.39 is 16.3 Å². The second kappa shape index (κ2) is 7.45. The molecule has 0 N–H and O–H groups in total. The van der Waals surface area contributed by atoms with Gasteiger partial charge in [-0.05, 0) is 45.0 Å². The molecule has 1 aromatic carbocycles. The molecule has 0 radical (unpaired) electrons. The van der Waals surface area contributed by atoms with Crippen molar-refractivity contribution in [1.29, 1.82) is 0 Å². The molecule has 1 aliphatic heterocycles. The Morgan fingerprint density at radius 1 is 1.15 bits per heavy atom. The molecular weight excluding hydrogens is 442 g/mol. The molecule has 0 saturated carbocycles. The Labute approximate surface area is 191 Å².